The summed E-state index contributed by atoms with van der Waals surface area (Å²) >= 11 is 7.96. The predicted octanol–water partition coefficient (Wildman–Crippen LogP) is 3.54. The molecule has 0 spiro atoms. The second-order valence-corrected chi connectivity index (χ2v) is 6.37. The predicted molar refractivity (Wildman–Crippen MR) is 71.4 cm³/mol. The fourth-order valence-electron chi connectivity index (χ4n) is 1.59. The van der Waals surface area contributed by atoms with Crippen molar-refractivity contribution in [2.75, 3.05) is 12.0 Å². The van der Waals surface area contributed by atoms with E-state index in [4.69, 9.17) is 11.6 Å². The van der Waals surface area contributed by atoms with Crippen molar-refractivity contribution in [3.63, 3.8) is 0 Å². The number of hydrogen-bond acceptors (Lipinski definition) is 3. The minimum absolute atomic E-state index is 0.0201. The maximum Gasteiger partial charge on any atom is 0.225 e. The second-order valence-electron chi connectivity index (χ2n) is 5.04. The van der Waals surface area contributed by atoms with Gasteiger partial charge in [0.2, 0.25) is 5.28 Å². The van der Waals surface area contributed by atoms with E-state index < -0.39 is 0 Å². The Morgan fingerprint density at radius 1 is 1.38 bits per heavy atom. The molecule has 0 fully saturated rings. The molecule has 0 N–H and O–H groups in total. The third-order valence-corrected chi connectivity index (χ3v) is 3.41. The van der Waals surface area contributed by atoms with Crippen LogP contribution in [0.15, 0.2) is 0 Å². The average molecular weight is 262 g/mol. The van der Waals surface area contributed by atoms with Crippen molar-refractivity contribution in [1.82, 2.24) is 14.8 Å². The smallest absolute Gasteiger partial charge is 0.225 e. The molecule has 0 aliphatic heterocycles. The zero-order valence-electron chi connectivity index (χ0n) is 10.6. The average Bonchev–Trinajstić information content (AvgIpc) is 2.56. The van der Waals surface area contributed by atoms with Gasteiger partial charge in [-0.25, -0.2) is 0 Å². The third kappa shape index (κ3) is 3.14. The summed E-state index contributed by atoms with van der Waals surface area (Å²) in [5.41, 5.74) is -0.0201. The summed E-state index contributed by atoms with van der Waals surface area (Å²) in [5, 5.41) is 8.67. The lowest BCUT2D eigenvalue weighted by molar-refractivity contribution is 0.446. The monoisotopic (exact) mass is 261 g/mol. The molecule has 0 radical (unpaired) electrons. The van der Waals surface area contributed by atoms with Crippen molar-refractivity contribution in [3.8, 4) is 0 Å². The van der Waals surface area contributed by atoms with Gasteiger partial charge < -0.3 is 0 Å². The first-order valence-corrected chi connectivity index (χ1v) is 7.25. The Labute approximate surface area is 107 Å². The van der Waals surface area contributed by atoms with Crippen molar-refractivity contribution in [1.29, 1.82) is 0 Å². The number of aromatic nitrogens is 3. The zero-order valence-corrected chi connectivity index (χ0v) is 12.2. The highest BCUT2D eigenvalue weighted by Crippen LogP contribution is 2.28. The topological polar surface area (TPSA) is 30.7 Å². The van der Waals surface area contributed by atoms with Crippen LogP contribution in [-0.2, 0) is 5.41 Å². The first-order valence-electron chi connectivity index (χ1n) is 5.47. The van der Waals surface area contributed by atoms with Gasteiger partial charge in [-0.15, -0.1) is 10.2 Å². The summed E-state index contributed by atoms with van der Waals surface area (Å²) in [7, 11) is 0. The Morgan fingerprint density at radius 2 is 2.00 bits per heavy atom. The summed E-state index contributed by atoms with van der Waals surface area (Å²) in [6.07, 6.45) is 3.20. The minimum Gasteiger partial charge on any atom is -0.298 e. The standard InChI is InChI=1S/C11H20ClN3S/c1-8(6-7-16-5)15-9(11(2,3)4)13-14-10(15)12/h8H,6-7H2,1-5H3. The van der Waals surface area contributed by atoms with Crippen molar-refractivity contribution in [3.05, 3.63) is 11.1 Å². The van der Waals surface area contributed by atoms with Crippen LogP contribution < -0.4 is 0 Å². The summed E-state index contributed by atoms with van der Waals surface area (Å²) in [4.78, 5) is 0. The van der Waals surface area contributed by atoms with Crippen LogP contribution in [0.4, 0.5) is 0 Å². The van der Waals surface area contributed by atoms with Crippen LogP contribution in [0, 0.1) is 0 Å². The van der Waals surface area contributed by atoms with E-state index in [1.165, 1.54) is 0 Å². The molecule has 1 aromatic rings. The Balaban J connectivity index is 2.97. The van der Waals surface area contributed by atoms with Crippen LogP contribution >= 0.6 is 23.4 Å². The first kappa shape index (κ1) is 13.8. The van der Waals surface area contributed by atoms with Crippen LogP contribution in [0.5, 0.6) is 0 Å². The molecular weight excluding hydrogens is 242 g/mol. The number of thioether (sulfide) groups is 1. The van der Waals surface area contributed by atoms with Gasteiger partial charge in [0.25, 0.3) is 0 Å². The van der Waals surface area contributed by atoms with Gasteiger partial charge in [-0.2, -0.15) is 11.8 Å². The first-order chi connectivity index (χ1) is 7.38. The number of halogens is 1. The molecule has 1 heterocycles. The Morgan fingerprint density at radius 3 is 2.50 bits per heavy atom. The normalized spacial score (nSPS) is 14.1. The molecule has 1 atom stereocenters. The van der Waals surface area contributed by atoms with Gasteiger partial charge in [0.05, 0.1) is 0 Å². The van der Waals surface area contributed by atoms with Crippen LogP contribution in [0.2, 0.25) is 5.28 Å². The van der Waals surface area contributed by atoms with Crippen molar-refractivity contribution in [2.45, 2.75) is 45.6 Å². The molecule has 92 valence electrons. The summed E-state index contributed by atoms with van der Waals surface area (Å²) in [5.74, 6) is 2.09. The molecule has 1 rings (SSSR count). The van der Waals surface area contributed by atoms with E-state index in [2.05, 4.69) is 48.7 Å². The molecule has 0 amide bonds. The van der Waals surface area contributed by atoms with Gasteiger partial charge in [-0.1, -0.05) is 20.8 Å². The lowest BCUT2D eigenvalue weighted by atomic mass is 9.95. The molecule has 0 saturated carbocycles. The fourth-order valence-corrected chi connectivity index (χ4v) is 2.45. The van der Waals surface area contributed by atoms with Crippen molar-refractivity contribution < 1.29 is 0 Å². The molecule has 1 aromatic heterocycles. The van der Waals surface area contributed by atoms with E-state index in [1.807, 2.05) is 11.8 Å². The lowest BCUT2D eigenvalue weighted by Gasteiger charge is -2.23. The van der Waals surface area contributed by atoms with Gasteiger partial charge in [-0.05, 0) is 37.0 Å². The van der Waals surface area contributed by atoms with Crippen LogP contribution in [0.3, 0.4) is 0 Å². The molecular formula is C11H20ClN3S. The summed E-state index contributed by atoms with van der Waals surface area (Å²) in [6.45, 7) is 8.56. The molecule has 0 aliphatic carbocycles. The maximum atomic E-state index is 6.11. The highest BCUT2D eigenvalue weighted by Gasteiger charge is 2.25. The molecule has 0 aliphatic rings. The molecule has 3 nitrogen and oxygen atoms in total. The SMILES string of the molecule is CSCCC(C)n1c(Cl)nnc1C(C)(C)C. The van der Waals surface area contributed by atoms with E-state index in [1.54, 1.807) is 0 Å². The van der Waals surface area contributed by atoms with Crippen LogP contribution in [0.1, 0.15) is 46.0 Å². The molecule has 0 saturated heterocycles. The van der Waals surface area contributed by atoms with E-state index in [0.29, 0.717) is 11.3 Å². The van der Waals surface area contributed by atoms with E-state index in [-0.39, 0.29) is 5.41 Å². The maximum absolute atomic E-state index is 6.11. The largest absolute Gasteiger partial charge is 0.298 e. The van der Waals surface area contributed by atoms with Crippen LogP contribution in [0.25, 0.3) is 0 Å². The van der Waals surface area contributed by atoms with Gasteiger partial charge in [0.1, 0.15) is 5.82 Å². The van der Waals surface area contributed by atoms with E-state index in [0.717, 1.165) is 18.0 Å². The van der Waals surface area contributed by atoms with Gasteiger partial charge in [0, 0.05) is 11.5 Å². The number of nitrogens with zero attached hydrogens (tertiary/aromatic N) is 3. The highest BCUT2D eigenvalue weighted by atomic mass is 35.5. The number of rotatable bonds is 4. The van der Waals surface area contributed by atoms with Crippen molar-refractivity contribution >= 4 is 23.4 Å². The summed E-state index contributed by atoms with van der Waals surface area (Å²) < 4.78 is 2.05. The zero-order chi connectivity index (χ0) is 12.3. The lowest BCUT2D eigenvalue weighted by Crippen LogP contribution is -2.21. The quantitative estimate of drug-likeness (QED) is 0.831. The van der Waals surface area contributed by atoms with E-state index in [9.17, 15) is 0 Å². The highest BCUT2D eigenvalue weighted by molar-refractivity contribution is 7.98. The fraction of sp³-hybridized carbons (Fsp3) is 0.818. The van der Waals surface area contributed by atoms with E-state index >= 15 is 0 Å². The Kier molecular flexibility index (Phi) is 4.68. The van der Waals surface area contributed by atoms with Gasteiger partial charge in [0.15, 0.2) is 0 Å². The number of hydrogen-bond donors (Lipinski definition) is 0. The third-order valence-electron chi connectivity index (χ3n) is 2.51. The van der Waals surface area contributed by atoms with Crippen LogP contribution in [-0.4, -0.2) is 26.8 Å². The molecule has 0 bridgehead atoms. The molecule has 1 unspecified atom stereocenters. The van der Waals surface area contributed by atoms with Gasteiger partial charge in [-0.3, -0.25) is 4.57 Å². The minimum atomic E-state index is -0.0201. The summed E-state index contributed by atoms with van der Waals surface area (Å²) in [6, 6.07) is 0.351. The van der Waals surface area contributed by atoms with Crippen molar-refractivity contribution in [2.24, 2.45) is 0 Å². The molecule has 0 aromatic carbocycles. The second kappa shape index (κ2) is 5.41. The molecule has 5 heteroatoms. The Hall–Kier alpha value is -0.220. The molecule has 16 heavy (non-hydrogen) atoms. The Bertz CT molecular complexity index is 343. The van der Waals surface area contributed by atoms with Gasteiger partial charge >= 0.3 is 0 Å².